The normalized spacial score (nSPS) is 21.1. The molecule has 0 aliphatic carbocycles. The highest BCUT2D eigenvalue weighted by Gasteiger charge is 2.30. The molecule has 0 aromatic rings. The number of rotatable bonds is 1. The van der Waals surface area contributed by atoms with Gasteiger partial charge in [0.2, 0.25) is 0 Å². The highest BCUT2D eigenvalue weighted by molar-refractivity contribution is 5.83. The average Bonchev–Trinajstić information content (AvgIpc) is 2.50. The van der Waals surface area contributed by atoms with Crippen molar-refractivity contribution in [3.8, 4) is 0 Å². The van der Waals surface area contributed by atoms with E-state index in [1.807, 2.05) is 0 Å². The van der Waals surface area contributed by atoms with Crippen LogP contribution in [0.3, 0.4) is 0 Å². The number of hydrogen-bond acceptors (Lipinski definition) is 3. The fourth-order valence-electron chi connectivity index (χ4n) is 1.04. The van der Waals surface area contributed by atoms with E-state index in [-0.39, 0.29) is 6.54 Å². The predicted octanol–water partition coefficient (Wildman–Crippen LogP) is 0.0778. The number of ether oxygens (including phenoxy) is 1. The predicted molar refractivity (Wildman–Crippen MR) is 39.7 cm³/mol. The lowest BCUT2D eigenvalue weighted by molar-refractivity contribution is -0.143. The van der Waals surface area contributed by atoms with E-state index in [4.69, 9.17) is 5.11 Å². The minimum absolute atomic E-state index is 0.245. The van der Waals surface area contributed by atoms with Crippen LogP contribution in [0.25, 0.3) is 0 Å². The first-order valence-corrected chi connectivity index (χ1v) is 3.41. The lowest BCUT2D eigenvalue weighted by Gasteiger charge is -2.18. The van der Waals surface area contributed by atoms with Crippen LogP contribution >= 0.6 is 0 Å². The summed E-state index contributed by atoms with van der Waals surface area (Å²) in [5.74, 6) is -0.550. The summed E-state index contributed by atoms with van der Waals surface area (Å²) in [6.07, 6.45) is 2.02. The maximum absolute atomic E-state index is 11.0. The quantitative estimate of drug-likeness (QED) is 0.448. The van der Waals surface area contributed by atoms with Crippen LogP contribution in [0.2, 0.25) is 0 Å². The van der Waals surface area contributed by atoms with Gasteiger partial charge in [0.1, 0.15) is 0 Å². The molecule has 0 aromatic heterocycles. The van der Waals surface area contributed by atoms with Crippen LogP contribution in [0.4, 0.5) is 4.79 Å². The summed E-state index contributed by atoms with van der Waals surface area (Å²) in [6.45, 7) is 0.245. The summed E-state index contributed by atoms with van der Waals surface area (Å²) in [5.41, 5.74) is 0. The van der Waals surface area contributed by atoms with Crippen molar-refractivity contribution >= 4 is 12.1 Å². The Hall–Kier alpha value is -1.52. The Morgan fingerprint density at radius 2 is 2.33 bits per heavy atom. The molecule has 1 unspecified atom stereocenters. The molecule has 0 saturated heterocycles. The van der Waals surface area contributed by atoms with Crippen LogP contribution < -0.4 is 0 Å². The van der Waals surface area contributed by atoms with Gasteiger partial charge >= 0.3 is 12.1 Å². The van der Waals surface area contributed by atoms with E-state index < -0.39 is 18.1 Å². The third-order valence-electron chi connectivity index (χ3n) is 1.64. The lowest BCUT2D eigenvalue weighted by Crippen LogP contribution is -2.40. The zero-order chi connectivity index (χ0) is 9.14. The van der Waals surface area contributed by atoms with Gasteiger partial charge in [-0.2, -0.15) is 0 Å². The minimum Gasteiger partial charge on any atom is -0.467 e. The first-order valence-electron chi connectivity index (χ1n) is 3.41. The average molecular weight is 171 g/mol. The second kappa shape index (κ2) is 3.25. The van der Waals surface area contributed by atoms with Gasteiger partial charge in [-0.1, -0.05) is 12.2 Å². The van der Waals surface area contributed by atoms with Gasteiger partial charge in [-0.05, 0) is 0 Å². The van der Waals surface area contributed by atoms with Gasteiger partial charge in [0.15, 0.2) is 6.04 Å². The van der Waals surface area contributed by atoms with Gasteiger partial charge in [-0.25, -0.2) is 9.59 Å². The Morgan fingerprint density at radius 1 is 1.67 bits per heavy atom. The fourth-order valence-corrected chi connectivity index (χ4v) is 1.04. The molecule has 5 nitrogen and oxygen atoms in total. The van der Waals surface area contributed by atoms with Crippen molar-refractivity contribution in [2.45, 2.75) is 6.04 Å². The SMILES string of the molecule is COC(=O)C1C=CCN1C(=O)O. The Morgan fingerprint density at radius 3 is 2.83 bits per heavy atom. The van der Waals surface area contributed by atoms with E-state index in [0.29, 0.717) is 0 Å². The molecule has 1 heterocycles. The highest BCUT2D eigenvalue weighted by Crippen LogP contribution is 2.10. The van der Waals surface area contributed by atoms with E-state index in [1.54, 1.807) is 6.08 Å². The summed E-state index contributed by atoms with van der Waals surface area (Å²) in [5, 5.41) is 8.61. The number of esters is 1. The first kappa shape index (κ1) is 8.58. The Kier molecular flexibility index (Phi) is 2.32. The number of carbonyl (C=O) groups excluding carboxylic acids is 1. The molecule has 5 heteroatoms. The largest absolute Gasteiger partial charge is 0.467 e. The van der Waals surface area contributed by atoms with Gasteiger partial charge in [-0.15, -0.1) is 0 Å². The molecular formula is C7H9NO4. The number of nitrogens with zero attached hydrogens (tertiary/aromatic N) is 1. The highest BCUT2D eigenvalue weighted by atomic mass is 16.5. The maximum atomic E-state index is 11.0. The van der Waals surface area contributed by atoms with Gasteiger partial charge in [0, 0.05) is 6.54 Å². The molecule has 1 atom stereocenters. The second-order valence-electron chi connectivity index (χ2n) is 2.33. The van der Waals surface area contributed by atoms with Crippen molar-refractivity contribution in [2.75, 3.05) is 13.7 Å². The number of methoxy groups -OCH3 is 1. The molecule has 66 valence electrons. The third-order valence-corrected chi connectivity index (χ3v) is 1.64. The van der Waals surface area contributed by atoms with Crippen molar-refractivity contribution in [1.82, 2.24) is 4.90 Å². The smallest absolute Gasteiger partial charge is 0.408 e. The van der Waals surface area contributed by atoms with Crippen molar-refractivity contribution in [3.05, 3.63) is 12.2 Å². The van der Waals surface area contributed by atoms with Crippen LogP contribution in [-0.2, 0) is 9.53 Å². The summed E-state index contributed by atoms with van der Waals surface area (Å²) < 4.78 is 4.42. The molecule has 1 amide bonds. The van der Waals surface area contributed by atoms with Crippen LogP contribution in [0.5, 0.6) is 0 Å². The second-order valence-corrected chi connectivity index (χ2v) is 2.33. The van der Waals surface area contributed by atoms with E-state index >= 15 is 0 Å². The summed E-state index contributed by atoms with van der Waals surface area (Å²) in [7, 11) is 1.23. The zero-order valence-electron chi connectivity index (χ0n) is 6.56. The van der Waals surface area contributed by atoms with Gasteiger partial charge < -0.3 is 9.84 Å². The monoisotopic (exact) mass is 171 g/mol. The standard InChI is InChI=1S/C7H9NO4/c1-12-6(9)5-3-2-4-8(5)7(10)11/h2-3,5H,4H2,1H3,(H,10,11). The molecule has 0 saturated carbocycles. The number of carboxylic acid groups (broad SMARTS) is 1. The van der Waals surface area contributed by atoms with Crippen LogP contribution in [0, 0.1) is 0 Å². The van der Waals surface area contributed by atoms with Gasteiger partial charge in [0.25, 0.3) is 0 Å². The number of amides is 1. The minimum atomic E-state index is -1.12. The molecule has 1 N–H and O–H groups in total. The Labute approximate surface area is 69.2 Å². The molecular weight excluding hydrogens is 162 g/mol. The van der Waals surface area contributed by atoms with E-state index in [9.17, 15) is 9.59 Å². The maximum Gasteiger partial charge on any atom is 0.408 e. The molecule has 1 aliphatic heterocycles. The molecule has 1 rings (SSSR count). The Bertz CT molecular complexity index is 236. The molecule has 0 radical (unpaired) electrons. The molecule has 0 spiro atoms. The van der Waals surface area contributed by atoms with Crippen LogP contribution in [0.15, 0.2) is 12.2 Å². The molecule has 0 fully saturated rings. The zero-order valence-corrected chi connectivity index (χ0v) is 6.56. The topological polar surface area (TPSA) is 66.8 Å². The van der Waals surface area contributed by atoms with Gasteiger partial charge in [-0.3, -0.25) is 4.90 Å². The van der Waals surface area contributed by atoms with E-state index in [2.05, 4.69) is 4.74 Å². The van der Waals surface area contributed by atoms with Crippen molar-refractivity contribution in [2.24, 2.45) is 0 Å². The van der Waals surface area contributed by atoms with Crippen molar-refractivity contribution in [3.63, 3.8) is 0 Å². The van der Waals surface area contributed by atoms with E-state index in [0.717, 1.165) is 4.90 Å². The molecule has 0 aromatic carbocycles. The molecule has 1 aliphatic rings. The lowest BCUT2D eigenvalue weighted by atomic mass is 10.3. The van der Waals surface area contributed by atoms with Crippen LogP contribution in [-0.4, -0.2) is 41.8 Å². The van der Waals surface area contributed by atoms with Crippen LogP contribution in [0.1, 0.15) is 0 Å². The fraction of sp³-hybridized carbons (Fsp3) is 0.429. The Balaban J connectivity index is 2.69. The molecule has 0 bridgehead atoms. The van der Waals surface area contributed by atoms with Crippen molar-refractivity contribution in [1.29, 1.82) is 0 Å². The van der Waals surface area contributed by atoms with Gasteiger partial charge in [0.05, 0.1) is 7.11 Å². The van der Waals surface area contributed by atoms with Crippen molar-refractivity contribution < 1.29 is 19.4 Å². The summed E-state index contributed by atoms with van der Waals surface area (Å²) >= 11 is 0. The number of carbonyl (C=O) groups is 2. The number of hydrogen-bond donors (Lipinski definition) is 1. The summed E-state index contributed by atoms with van der Waals surface area (Å²) in [6, 6.07) is -0.771. The molecule has 12 heavy (non-hydrogen) atoms. The first-order chi connectivity index (χ1) is 5.66. The third kappa shape index (κ3) is 1.39. The van der Waals surface area contributed by atoms with E-state index in [1.165, 1.54) is 13.2 Å². The summed E-state index contributed by atoms with van der Waals surface area (Å²) in [4.78, 5) is 22.5.